The van der Waals surface area contributed by atoms with Crippen LogP contribution >= 0.6 is 0 Å². The fraction of sp³-hybridized carbons (Fsp3) is 0.259. The predicted octanol–water partition coefficient (Wildman–Crippen LogP) is 7.88. The van der Waals surface area contributed by atoms with Crippen LogP contribution in [-0.4, -0.2) is 0 Å². The number of rotatable bonds is 6. The number of hydrogen-bond donors (Lipinski definition) is 0. The van der Waals surface area contributed by atoms with Gasteiger partial charge in [0.25, 0.3) is 0 Å². The fourth-order valence-corrected chi connectivity index (χ4v) is 4.74. The molecule has 0 heterocycles. The minimum absolute atomic E-state index is 0.0394. The van der Waals surface area contributed by atoms with E-state index in [-0.39, 0.29) is 5.41 Å². The first-order valence-corrected chi connectivity index (χ1v) is 10.3. The van der Waals surface area contributed by atoms with E-state index in [0.717, 1.165) is 6.42 Å². The Morgan fingerprint density at radius 1 is 0.593 bits per heavy atom. The molecule has 0 N–H and O–H groups in total. The van der Waals surface area contributed by atoms with Gasteiger partial charge in [-0.3, -0.25) is 0 Å². The number of unbranched alkanes of at least 4 members (excludes halogenated alkanes) is 1. The van der Waals surface area contributed by atoms with Crippen molar-refractivity contribution in [2.24, 2.45) is 0 Å². The zero-order chi connectivity index (χ0) is 18.7. The molecule has 136 valence electrons. The van der Waals surface area contributed by atoms with Gasteiger partial charge in [-0.2, -0.15) is 0 Å². The van der Waals surface area contributed by atoms with Crippen LogP contribution in [0.2, 0.25) is 0 Å². The predicted molar refractivity (Wildman–Crippen MR) is 118 cm³/mol. The molecule has 0 fully saturated rings. The van der Waals surface area contributed by atoms with Crippen LogP contribution in [0.5, 0.6) is 0 Å². The van der Waals surface area contributed by atoms with Gasteiger partial charge in [0, 0.05) is 5.41 Å². The van der Waals surface area contributed by atoms with E-state index in [2.05, 4.69) is 98.8 Å². The number of hydrogen-bond acceptors (Lipinski definition) is 0. The molecule has 0 aliphatic carbocycles. The highest BCUT2D eigenvalue weighted by Gasteiger charge is 2.34. The molecule has 0 aliphatic heterocycles. The average Bonchev–Trinajstić information content (AvgIpc) is 2.74. The molecule has 0 aliphatic rings. The maximum absolute atomic E-state index is 2.36. The minimum atomic E-state index is 0.0394. The second kappa shape index (κ2) is 7.56. The van der Waals surface area contributed by atoms with Gasteiger partial charge in [0.2, 0.25) is 0 Å². The summed E-state index contributed by atoms with van der Waals surface area (Å²) in [5.41, 5.74) is 3.00. The third kappa shape index (κ3) is 3.04. The van der Waals surface area contributed by atoms with Gasteiger partial charge in [-0.15, -0.1) is 0 Å². The van der Waals surface area contributed by atoms with Gasteiger partial charge in [-0.05, 0) is 45.5 Å². The van der Waals surface area contributed by atoms with E-state index in [0.29, 0.717) is 0 Å². The summed E-state index contributed by atoms with van der Waals surface area (Å²) in [6.45, 7) is 4.66. The first kappa shape index (κ1) is 17.8. The molecule has 4 aromatic carbocycles. The highest BCUT2D eigenvalue weighted by molar-refractivity contribution is 5.91. The molecule has 0 aromatic heterocycles. The molecule has 27 heavy (non-hydrogen) atoms. The zero-order valence-electron chi connectivity index (χ0n) is 16.4. The maximum atomic E-state index is 2.36. The van der Waals surface area contributed by atoms with Crippen LogP contribution in [0.25, 0.3) is 21.5 Å². The maximum Gasteiger partial charge on any atom is 0.0212 e. The molecule has 0 nitrogen and oxygen atoms in total. The minimum Gasteiger partial charge on any atom is -0.0654 e. The molecule has 4 aromatic rings. The quantitative estimate of drug-likeness (QED) is 0.331. The van der Waals surface area contributed by atoms with E-state index in [1.165, 1.54) is 51.9 Å². The van der Waals surface area contributed by atoms with Gasteiger partial charge >= 0.3 is 0 Å². The van der Waals surface area contributed by atoms with Gasteiger partial charge in [0.05, 0.1) is 0 Å². The molecule has 0 atom stereocenters. The lowest BCUT2D eigenvalue weighted by atomic mass is 9.67. The van der Waals surface area contributed by atoms with E-state index in [1.807, 2.05) is 0 Å². The molecule has 0 saturated carbocycles. The SMILES string of the molecule is CCCCC(CC)(c1cccc2ccccc12)c1cccc2ccccc12. The van der Waals surface area contributed by atoms with Crippen LogP contribution < -0.4 is 0 Å². The summed E-state index contributed by atoms with van der Waals surface area (Å²) in [5.74, 6) is 0. The normalized spacial score (nSPS) is 11.9. The van der Waals surface area contributed by atoms with Crippen LogP contribution in [-0.2, 0) is 5.41 Å². The second-order valence-corrected chi connectivity index (χ2v) is 7.59. The Hall–Kier alpha value is -2.60. The molecular formula is C27H28. The van der Waals surface area contributed by atoms with Gasteiger partial charge < -0.3 is 0 Å². The largest absolute Gasteiger partial charge is 0.0654 e. The van der Waals surface area contributed by atoms with Crippen LogP contribution in [0.1, 0.15) is 50.7 Å². The molecule has 0 spiro atoms. The molecule has 4 rings (SSSR count). The van der Waals surface area contributed by atoms with Crippen LogP contribution in [0.4, 0.5) is 0 Å². The summed E-state index contributed by atoms with van der Waals surface area (Å²) in [7, 11) is 0. The molecular weight excluding hydrogens is 324 g/mol. The Morgan fingerprint density at radius 3 is 1.56 bits per heavy atom. The van der Waals surface area contributed by atoms with Crippen molar-refractivity contribution in [3.8, 4) is 0 Å². The van der Waals surface area contributed by atoms with E-state index in [1.54, 1.807) is 0 Å². The standard InChI is InChI=1S/C27H28/c1-3-5-20-27(4-2,25-18-10-14-21-12-6-8-16-23(21)25)26-19-11-15-22-13-7-9-17-24(22)26/h6-19H,3-5,20H2,1-2H3. The molecule has 0 radical (unpaired) electrons. The van der Waals surface area contributed by atoms with Gasteiger partial charge in [0.15, 0.2) is 0 Å². The summed E-state index contributed by atoms with van der Waals surface area (Å²) in [6, 6.07) is 31.4. The summed E-state index contributed by atoms with van der Waals surface area (Å²) >= 11 is 0. The van der Waals surface area contributed by atoms with Crippen molar-refractivity contribution >= 4 is 21.5 Å². The lowest BCUT2D eigenvalue weighted by Gasteiger charge is -2.36. The van der Waals surface area contributed by atoms with Crippen molar-refractivity contribution in [1.29, 1.82) is 0 Å². The summed E-state index contributed by atoms with van der Waals surface area (Å²) < 4.78 is 0. The van der Waals surface area contributed by atoms with Crippen LogP contribution in [0.15, 0.2) is 84.9 Å². The lowest BCUT2D eigenvalue weighted by molar-refractivity contribution is 0.444. The second-order valence-electron chi connectivity index (χ2n) is 7.59. The molecule has 0 saturated heterocycles. The Bertz CT molecular complexity index is 968. The van der Waals surface area contributed by atoms with Crippen LogP contribution in [0.3, 0.4) is 0 Å². The van der Waals surface area contributed by atoms with Crippen molar-refractivity contribution < 1.29 is 0 Å². The summed E-state index contributed by atoms with van der Waals surface area (Å²) in [5, 5.41) is 5.46. The molecule has 0 unspecified atom stereocenters. The highest BCUT2D eigenvalue weighted by atomic mass is 14.4. The Labute approximate surface area is 162 Å². The van der Waals surface area contributed by atoms with Gasteiger partial charge in [-0.25, -0.2) is 0 Å². The third-order valence-electron chi connectivity index (χ3n) is 6.17. The molecule has 0 amide bonds. The Kier molecular flexibility index (Phi) is 4.99. The lowest BCUT2D eigenvalue weighted by Crippen LogP contribution is -2.27. The highest BCUT2D eigenvalue weighted by Crippen LogP contribution is 2.45. The van der Waals surface area contributed by atoms with E-state index in [4.69, 9.17) is 0 Å². The average molecular weight is 353 g/mol. The molecule has 0 heteroatoms. The summed E-state index contributed by atoms with van der Waals surface area (Å²) in [6.07, 6.45) is 4.74. The number of benzene rings is 4. The van der Waals surface area contributed by atoms with Crippen molar-refractivity contribution in [2.75, 3.05) is 0 Å². The van der Waals surface area contributed by atoms with E-state index < -0.39 is 0 Å². The van der Waals surface area contributed by atoms with Crippen molar-refractivity contribution in [3.63, 3.8) is 0 Å². The number of fused-ring (bicyclic) bond motifs is 2. The Balaban J connectivity index is 2.06. The van der Waals surface area contributed by atoms with Crippen molar-refractivity contribution in [3.05, 3.63) is 96.1 Å². The first-order chi connectivity index (χ1) is 13.3. The topological polar surface area (TPSA) is 0 Å². The summed E-state index contributed by atoms with van der Waals surface area (Å²) in [4.78, 5) is 0. The monoisotopic (exact) mass is 352 g/mol. The van der Waals surface area contributed by atoms with Crippen molar-refractivity contribution in [1.82, 2.24) is 0 Å². The van der Waals surface area contributed by atoms with Gasteiger partial charge in [0.1, 0.15) is 0 Å². The fourth-order valence-electron chi connectivity index (χ4n) is 4.74. The first-order valence-electron chi connectivity index (χ1n) is 10.3. The zero-order valence-corrected chi connectivity index (χ0v) is 16.4. The smallest absolute Gasteiger partial charge is 0.0212 e. The third-order valence-corrected chi connectivity index (χ3v) is 6.17. The van der Waals surface area contributed by atoms with Crippen molar-refractivity contribution in [2.45, 2.75) is 44.9 Å². The van der Waals surface area contributed by atoms with Crippen LogP contribution in [0, 0.1) is 0 Å². The van der Waals surface area contributed by atoms with Gasteiger partial charge in [-0.1, -0.05) is 112 Å². The van der Waals surface area contributed by atoms with E-state index >= 15 is 0 Å². The Morgan fingerprint density at radius 2 is 1.07 bits per heavy atom. The van der Waals surface area contributed by atoms with E-state index in [9.17, 15) is 0 Å². The molecule has 0 bridgehead atoms.